The molecule has 1 aromatic heterocycles. The Balaban J connectivity index is 1.63. The number of nitriles is 1. The summed E-state index contributed by atoms with van der Waals surface area (Å²) in [6, 6.07) is 16.8. The van der Waals surface area contributed by atoms with Crippen LogP contribution >= 0.6 is 11.3 Å². The molecule has 3 aromatic rings. The second kappa shape index (κ2) is 21.1. The fourth-order valence-electron chi connectivity index (χ4n) is 6.72. The highest BCUT2D eigenvalue weighted by Gasteiger charge is 2.29. The minimum absolute atomic E-state index is 0.192. The Morgan fingerprint density at radius 1 is 0.750 bits per heavy atom. The number of amides is 3. The van der Waals surface area contributed by atoms with Gasteiger partial charge in [0.25, 0.3) is 0 Å². The van der Waals surface area contributed by atoms with Crippen LogP contribution in [0.15, 0.2) is 42.5 Å². The maximum atomic E-state index is 13.6. The van der Waals surface area contributed by atoms with Crippen molar-refractivity contribution in [1.82, 2.24) is 24.6 Å². The van der Waals surface area contributed by atoms with Crippen molar-refractivity contribution in [3.05, 3.63) is 58.6 Å². The zero-order chi connectivity index (χ0) is 44.3. The van der Waals surface area contributed by atoms with Crippen molar-refractivity contribution < 1.29 is 28.6 Å². The van der Waals surface area contributed by atoms with Crippen LogP contribution in [-0.2, 0) is 20.6 Å². The molecule has 1 aliphatic rings. The van der Waals surface area contributed by atoms with Crippen molar-refractivity contribution in [2.75, 3.05) is 76.9 Å². The fourth-order valence-corrected chi connectivity index (χ4v) is 7.65. The molecule has 2 aromatic carbocycles. The smallest absolute Gasteiger partial charge is 0.410 e. The van der Waals surface area contributed by atoms with Crippen molar-refractivity contribution >= 4 is 57.2 Å². The first-order valence-corrected chi connectivity index (χ1v) is 22.0. The van der Waals surface area contributed by atoms with Gasteiger partial charge in [0.2, 0.25) is 0 Å². The molecule has 4 rings (SSSR count). The van der Waals surface area contributed by atoms with E-state index in [2.05, 4.69) is 47.9 Å². The number of carbonyl (C=O) groups excluding carboxylic acids is 3. The molecule has 13 nitrogen and oxygen atoms in total. The third-order valence-corrected chi connectivity index (χ3v) is 10.8. The molecule has 0 aliphatic carbocycles. The number of anilines is 1. The topological polar surface area (TPSA) is 132 Å². The second-order valence-corrected chi connectivity index (χ2v) is 19.1. The fraction of sp³-hybridized carbons (Fsp3) is 0.587. The molecule has 2 heterocycles. The Kier molecular flexibility index (Phi) is 16.8. The Morgan fingerprint density at radius 2 is 1.23 bits per heavy atom. The molecule has 328 valence electrons. The third kappa shape index (κ3) is 15.0. The molecule has 14 heteroatoms. The summed E-state index contributed by atoms with van der Waals surface area (Å²) in [7, 11) is 0. The van der Waals surface area contributed by atoms with E-state index in [1.54, 1.807) is 14.7 Å². The average Bonchev–Trinajstić information content (AvgIpc) is 3.58. The van der Waals surface area contributed by atoms with Gasteiger partial charge in [-0.05, 0) is 137 Å². The number of benzene rings is 2. The van der Waals surface area contributed by atoms with E-state index in [4.69, 9.17) is 19.2 Å². The van der Waals surface area contributed by atoms with Crippen LogP contribution in [0.4, 0.5) is 20.1 Å². The van der Waals surface area contributed by atoms with Gasteiger partial charge in [-0.1, -0.05) is 18.2 Å². The third-order valence-electron chi connectivity index (χ3n) is 9.73. The van der Waals surface area contributed by atoms with Crippen LogP contribution in [0, 0.1) is 11.3 Å². The monoisotopic (exact) mass is 845 g/mol. The van der Waals surface area contributed by atoms with E-state index in [0.29, 0.717) is 43.3 Å². The predicted octanol–water partition coefficient (Wildman–Crippen LogP) is 9.17. The number of thiazole rings is 1. The number of fused-ring (bicyclic) bond motifs is 1. The number of ether oxygens (including phenoxy) is 3. The van der Waals surface area contributed by atoms with Crippen LogP contribution in [0.2, 0.25) is 0 Å². The molecule has 1 saturated heterocycles. The van der Waals surface area contributed by atoms with Gasteiger partial charge >= 0.3 is 18.3 Å². The highest BCUT2D eigenvalue weighted by molar-refractivity contribution is 7.19. The summed E-state index contributed by atoms with van der Waals surface area (Å²) in [6.45, 7) is 25.7. The summed E-state index contributed by atoms with van der Waals surface area (Å²) in [4.78, 5) is 54.8. The zero-order valence-electron chi connectivity index (χ0n) is 37.8. The number of carbonyl (C=O) groups is 3. The van der Waals surface area contributed by atoms with Gasteiger partial charge in [-0.2, -0.15) is 5.26 Å². The first kappa shape index (κ1) is 47.8. The molecule has 0 bridgehead atoms. The number of aromatic nitrogens is 1. The number of nitrogens with zero attached hydrogens (tertiary/aromatic N) is 7. The molecule has 60 heavy (non-hydrogen) atoms. The number of rotatable bonds is 9. The van der Waals surface area contributed by atoms with E-state index in [0.717, 1.165) is 53.0 Å². The summed E-state index contributed by atoms with van der Waals surface area (Å²) >= 11 is 1.51. The van der Waals surface area contributed by atoms with Gasteiger partial charge in [0.15, 0.2) is 0 Å². The maximum absolute atomic E-state index is 13.6. The van der Waals surface area contributed by atoms with Crippen LogP contribution in [-0.4, -0.2) is 132 Å². The summed E-state index contributed by atoms with van der Waals surface area (Å²) in [5.74, 6) is 0. The molecule has 0 saturated carbocycles. The second-order valence-electron chi connectivity index (χ2n) is 18.1. The molecule has 0 N–H and O–H groups in total. The normalized spacial score (nSPS) is 15.5. The van der Waals surface area contributed by atoms with Crippen molar-refractivity contribution in [3.8, 4) is 6.07 Å². The molecule has 0 spiro atoms. The largest absolute Gasteiger partial charge is 0.444 e. The molecule has 3 amide bonds. The average molecular weight is 846 g/mol. The van der Waals surface area contributed by atoms with Crippen LogP contribution in [0.3, 0.4) is 0 Å². The van der Waals surface area contributed by atoms with Crippen LogP contribution in [0.25, 0.3) is 21.9 Å². The van der Waals surface area contributed by atoms with Crippen molar-refractivity contribution in [2.45, 2.75) is 106 Å². The Labute approximate surface area is 361 Å². The molecule has 1 fully saturated rings. The van der Waals surface area contributed by atoms with Gasteiger partial charge < -0.3 is 33.8 Å². The number of hydrogen-bond acceptors (Lipinski definition) is 11. The van der Waals surface area contributed by atoms with Gasteiger partial charge in [-0.15, -0.1) is 11.3 Å². The molecular weight excluding hydrogens is 779 g/mol. The van der Waals surface area contributed by atoms with Crippen molar-refractivity contribution in [3.63, 3.8) is 0 Å². The standard InChI is InChI=1S/C46H67N7O6S/c1-12-50(13-2)37-21-20-35(31-36(33-47)40-48-38-18-14-15-19-39(38)60-40)34(32-37)17-16-22-49-23-25-51(41(54)57-44(3,4)5)27-29-53(43(56)59-46(9,10)11)30-28-52(26-24-49)42(55)58-45(6,7)8/h14-15,18-21,31-32H,12-13,16-17,22-30H2,1-11H3/b36-31+. The lowest BCUT2D eigenvalue weighted by molar-refractivity contribution is 0.00469. The van der Waals surface area contributed by atoms with E-state index < -0.39 is 35.1 Å². The minimum atomic E-state index is -0.727. The first-order chi connectivity index (χ1) is 28.2. The maximum Gasteiger partial charge on any atom is 0.410 e. The lowest BCUT2D eigenvalue weighted by Crippen LogP contribution is -2.51. The van der Waals surface area contributed by atoms with Crippen molar-refractivity contribution in [1.29, 1.82) is 5.26 Å². The molecule has 0 unspecified atom stereocenters. The van der Waals surface area contributed by atoms with Gasteiger partial charge in [0.05, 0.1) is 15.8 Å². The summed E-state index contributed by atoms with van der Waals surface area (Å²) in [5, 5.41) is 11.0. The SMILES string of the molecule is CCN(CC)c1ccc(/C=C(\C#N)c2nc3ccccc3s2)c(CCCN2CCN(C(=O)OC(C)(C)C)CCN(C(=O)OC(C)(C)C)CCN(C(=O)OC(C)(C)C)CC2)c1. The van der Waals surface area contributed by atoms with E-state index in [-0.39, 0.29) is 26.2 Å². The Bertz CT molecular complexity index is 1910. The molecule has 0 radical (unpaired) electrons. The number of para-hydroxylation sites is 1. The first-order valence-electron chi connectivity index (χ1n) is 21.2. The predicted molar refractivity (Wildman–Crippen MR) is 241 cm³/mol. The summed E-state index contributed by atoms with van der Waals surface area (Å²) in [6.07, 6.45) is 2.03. The Hall–Kier alpha value is -4.87. The molecule has 0 atom stereocenters. The lowest BCUT2D eigenvalue weighted by Gasteiger charge is -2.35. The highest BCUT2D eigenvalue weighted by atomic mass is 32.1. The summed E-state index contributed by atoms with van der Waals surface area (Å²) in [5.41, 5.74) is 2.47. The van der Waals surface area contributed by atoms with E-state index in [1.165, 1.54) is 11.3 Å². The van der Waals surface area contributed by atoms with Crippen LogP contribution in [0.5, 0.6) is 0 Å². The van der Waals surface area contributed by atoms with Gasteiger partial charge in [0, 0.05) is 71.1 Å². The lowest BCUT2D eigenvalue weighted by atomic mass is 9.99. The van der Waals surface area contributed by atoms with Crippen molar-refractivity contribution in [2.24, 2.45) is 0 Å². The van der Waals surface area contributed by atoms with Crippen LogP contribution < -0.4 is 4.90 Å². The van der Waals surface area contributed by atoms with E-state index in [9.17, 15) is 19.6 Å². The number of hydrogen-bond donors (Lipinski definition) is 0. The highest BCUT2D eigenvalue weighted by Crippen LogP contribution is 2.30. The molecule has 1 aliphatic heterocycles. The molecular formula is C46H67N7O6S. The van der Waals surface area contributed by atoms with Crippen LogP contribution in [0.1, 0.15) is 98.7 Å². The number of allylic oxidation sites excluding steroid dienone is 1. The quantitative estimate of drug-likeness (QED) is 0.152. The number of aryl methyl sites for hydroxylation is 1. The van der Waals surface area contributed by atoms with E-state index >= 15 is 0 Å². The summed E-state index contributed by atoms with van der Waals surface area (Å²) < 4.78 is 18.4. The zero-order valence-corrected chi connectivity index (χ0v) is 38.6. The minimum Gasteiger partial charge on any atom is -0.444 e. The van der Waals surface area contributed by atoms with Gasteiger partial charge in [-0.3, -0.25) is 4.90 Å². The van der Waals surface area contributed by atoms with Gasteiger partial charge in [0.1, 0.15) is 27.9 Å². The Morgan fingerprint density at radius 3 is 1.68 bits per heavy atom. The van der Waals surface area contributed by atoms with Gasteiger partial charge in [-0.25, -0.2) is 19.4 Å². The van der Waals surface area contributed by atoms with E-state index in [1.807, 2.05) is 92.7 Å².